The van der Waals surface area contributed by atoms with Gasteiger partial charge >= 0.3 is 12.3 Å². The maximum Gasteiger partial charge on any atom is 0.508 e. The Kier molecular flexibility index (Phi) is 10.1. The number of rotatable bonds is 0. The molecule has 0 aromatic rings. The Morgan fingerprint density at radius 1 is 0.429 bits per heavy atom. The molecular weight excluding hydrogens is 288 g/mol. The van der Waals surface area contributed by atoms with Gasteiger partial charge in [-0.15, -0.1) is 0 Å². The van der Waals surface area contributed by atoms with Crippen LogP contribution in [0.25, 0.3) is 0 Å². The van der Waals surface area contributed by atoms with E-state index in [0.29, 0.717) is 26.4 Å². The average molecular weight is 308 g/mol. The highest BCUT2D eigenvalue weighted by atomic mass is 16.8. The summed E-state index contributed by atoms with van der Waals surface area (Å²) in [5.41, 5.74) is 0. The van der Waals surface area contributed by atoms with Gasteiger partial charge in [-0.2, -0.15) is 0 Å². The minimum atomic E-state index is -0.849. The van der Waals surface area contributed by atoms with Crippen LogP contribution in [0, 0.1) is 0 Å². The zero-order valence-corrected chi connectivity index (χ0v) is 11.7. The van der Waals surface area contributed by atoms with E-state index in [4.69, 9.17) is 23.7 Å². The average Bonchev–Trinajstić information content (AvgIpc) is 2.47. The Labute approximate surface area is 122 Å². The van der Waals surface area contributed by atoms with Crippen molar-refractivity contribution < 1.29 is 42.7 Å². The molecule has 0 spiro atoms. The van der Waals surface area contributed by atoms with Gasteiger partial charge in [-0.05, 0) is 0 Å². The fourth-order valence-electron chi connectivity index (χ4n) is 1.24. The van der Waals surface area contributed by atoms with E-state index in [-0.39, 0.29) is 39.6 Å². The monoisotopic (exact) mass is 308 g/mol. The molecule has 0 aromatic carbocycles. The van der Waals surface area contributed by atoms with Gasteiger partial charge in [0, 0.05) is 0 Å². The summed E-state index contributed by atoms with van der Waals surface area (Å²) in [5.74, 6) is 0. The van der Waals surface area contributed by atoms with Crippen molar-refractivity contribution in [1.29, 1.82) is 0 Å². The molecule has 0 aromatic heterocycles. The SMILES string of the molecule is O=C1OCCOCCOCCOCCOC(=O)OCCO1. The Morgan fingerprint density at radius 2 is 0.667 bits per heavy atom. The first-order chi connectivity index (χ1) is 10.3. The molecule has 0 saturated carbocycles. The smallest absolute Gasteiger partial charge is 0.432 e. The van der Waals surface area contributed by atoms with Crippen LogP contribution in [0.1, 0.15) is 0 Å². The largest absolute Gasteiger partial charge is 0.508 e. The number of hydrogen-bond acceptors (Lipinski definition) is 9. The maximum atomic E-state index is 11.1. The first-order valence-electron chi connectivity index (χ1n) is 6.61. The predicted octanol–water partition coefficient (Wildman–Crippen LogP) is 0.356. The van der Waals surface area contributed by atoms with E-state index in [1.807, 2.05) is 0 Å². The van der Waals surface area contributed by atoms with Crippen LogP contribution >= 0.6 is 0 Å². The quantitative estimate of drug-likeness (QED) is 0.587. The number of ether oxygens (including phenoxy) is 7. The summed E-state index contributed by atoms with van der Waals surface area (Å²) in [4.78, 5) is 22.2. The molecule has 9 heteroatoms. The van der Waals surface area contributed by atoms with Gasteiger partial charge in [0.05, 0.1) is 39.6 Å². The summed E-state index contributed by atoms with van der Waals surface area (Å²) < 4.78 is 34.3. The Hall–Kier alpha value is -1.58. The van der Waals surface area contributed by atoms with Crippen LogP contribution in [0.5, 0.6) is 0 Å². The summed E-state index contributed by atoms with van der Waals surface area (Å²) in [7, 11) is 0. The van der Waals surface area contributed by atoms with E-state index in [2.05, 4.69) is 9.47 Å². The summed E-state index contributed by atoms with van der Waals surface area (Å²) in [6.45, 7) is 2.03. The molecule has 1 aliphatic heterocycles. The first-order valence-corrected chi connectivity index (χ1v) is 6.61. The molecule has 0 aliphatic carbocycles. The standard InChI is InChI=1S/C12H20O9/c13-11-18-7-5-16-3-1-15-2-4-17-6-8-19-12(14)21-10-9-20-11/h1-10H2. The highest BCUT2D eigenvalue weighted by Gasteiger charge is 2.07. The second-order valence-corrected chi connectivity index (χ2v) is 3.73. The van der Waals surface area contributed by atoms with Gasteiger partial charge in [0.1, 0.15) is 26.4 Å². The number of carbonyl (C=O) groups excluding carboxylic acids is 2. The van der Waals surface area contributed by atoms with Crippen LogP contribution < -0.4 is 0 Å². The molecule has 1 fully saturated rings. The lowest BCUT2D eigenvalue weighted by molar-refractivity contribution is -0.00625. The highest BCUT2D eigenvalue weighted by Crippen LogP contribution is 1.91. The predicted molar refractivity (Wildman–Crippen MR) is 67.1 cm³/mol. The molecule has 0 unspecified atom stereocenters. The van der Waals surface area contributed by atoms with Crippen LogP contribution in [0.3, 0.4) is 0 Å². The molecule has 0 radical (unpaired) electrons. The van der Waals surface area contributed by atoms with Crippen molar-refractivity contribution in [2.24, 2.45) is 0 Å². The van der Waals surface area contributed by atoms with E-state index in [9.17, 15) is 9.59 Å². The van der Waals surface area contributed by atoms with Gasteiger partial charge in [-0.1, -0.05) is 0 Å². The van der Waals surface area contributed by atoms with E-state index >= 15 is 0 Å². The van der Waals surface area contributed by atoms with Crippen LogP contribution in [0.2, 0.25) is 0 Å². The Balaban J connectivity index is 2.20. The van der Waals surface area contributed by atoms with Crippen LogP contribution in [-0.2, 0) is 33.2 Å². The molecule has 0 atom stereocenters. The van der Waals surface area contributed by atoms with Crippen LogP contribution in [-0.4, -0.2) is 78.4 Å². The lowest BCUT2D eigenvalue weighted by atomic mass is 10.7. The zero-order valence-electron chi connectivity index (χ0n) is 11.7. The fourth-order valence-corrected chi connectivity index (χ4v) is 1.24. The third-order valence-electron chi connectivity index (χ3n) is 2.16. The number of carbonyl (C=O) groups is 2. The Bertz CT molecular complexity index is 266. The normalized spacial score (nSPS) is 21.5. The van der Waals surface area contributed by atoms with Crippen molar-refractivity contribution in [3.8, 4) is 0 Å². The number of hydrogen-bond donors (Lipinski definition) is 0. The second-order valence-electron chi connectivity index (χ2n) is 3.73. The van der Waals surface area contributed by atoms with Gasteiger partial charge in [0.25, 0.3) is 0 Å². The van der Waals surface area contributed by atoms with Gasteiger partial charge in [0.15, 0.2) is 0 Å². The molecule has 1 rings (SSSR count). The van der Waals surface area contributed by atoms with Gasteiger partial charge in [-0.3, -0.25) is 0 Å². The van der Waals surface area contributed by atoms with Crippen molar-refractivity contribution >= 4 is 12.3 Å². The summed E-state index contributed by atoms with van der Waals surface area (Å²) >= 11 is 0. The summed E-state index contributed by atoms with van der Waals surface area (Å²) in [6.07, 6.45) is -1.70. The molecule has 0 amide bonds. The van der Waals surface area contributed by atoms with Gasteiger partial charge in [0.2, 0.25) is 0 Å². The molecule has 1 aliphatic rings. The topological polar surface area (TPSA) is 98.8 Å². The Morgan fingerprint density at radius 3 is 1.00 bits per heavy atom. The van der Waals surface area contributed by atoms with Crippen molar-refractivity contribution in [2.45, 2.75) is 0 Å². The molecule has 122 valence electrons. The second kappa shape index (κ2) is 12.2. The van der Waals surface area contributed by atoms with E-state index in [1.165, 1.54) is 0 Å². The van der Waals surface area contributed by atoms with E-state index < -0.39 is 12.3 Å². The van der Waals surface area contributed by atoms with E-state index in [0.717, 1.165) is 0 Å². The van der Waals surface area contributed by atoms with Gasteiger partial charge in [-0.25, -0.2) is 9.59 Å². The maximum absolute atomic E-state index is 11.1. The van der Waals surface area contributed by atoms with Crippen LogP contribution in [0.15, 0.2) is 0 Å². The lowest BCUT2D eigenvalue weighted by Gasteiger charge is -2.07. The molecule has 9 nitrogen and oxygen atoms in total. The summed E-state index contributed by atoms with van der Waals surface area (Å²) in [5, 5.41) is 0. The molecule has 0 N–H and O–H groups in total. The third kappa shape index (κ3) is 10.8. The highest BCUT2D eigenvalue weighted by molar-refractivity contribution is 5.60. The number of cyclic esters (lactones) is 4. The van der Waals surface area contributed by atoms with Gasteiger partial charge < -0.3 is 33.2 Å². The lowest BCUT2D eigenvalue weighted by Crippen LogP contribution is -2.18. The molecular formula is C12H20O9. The summed E-state index contributed by atoms with van der Waals surface area (Å²) in [6, 6.07) is 0. The fraction of sp³-hybridized carbons (Fsp3) is 0.833. The molecule has 1 saturated heterocycles. The first kappa shape index (κ1) is 17.5. The minimum Gasteiger partial charge on any atom is -0.432 e. The van der Waals surface area contributed by atoms with Crippen molar-refractivity contribution in [1.82, 2.24) is 0 Å². The van der Waals surface area contributed by atoms with Crippen molar-refractivity contribution in [3.63, 3.8) is 0 Å². The molecule has 1 heterocycles. The molecule has 0 bridgehead atoms. The van der Waals surface area contributed by atoms with Crippen molar-refractivity contribution in [2.75, 3.05) is 66.1 Å². The van der Waals surface area contributed by atoms with Crippen LogP contribution in [0.4, 0.5) is 9.59 Å². The zero-order chi connectivity index (χ0) is 15.2. The third-order valence-corrected chi connectivity index (χ3v) is 2.16. The van der Waals surface area contributed by atoms with E-state index in [1.54, 1.807) is 0 Å². The molecule has 21 heavy (non-hydrogen) atoms. The minimum absolute atomic E-state index is 0.0742. The van der Waals surface area contributed by atoms with Crippen molar-refractivity contribution in [3.05, 3.63) is 0 Å².